The summed E-state index contributed by atoms with van der Waals surface area (Å²) >= 11 is 0. The molecule has 1 aliphatic carbocycles. The third-order valence-corrected chi connectivity index (χ3v) is 3.74. The van der Waals surface area contributed by atoms with Crippen molar-refractivity contribution in [2.45, 2.75) is 65.2 Å². The van der Waals surface area contributed by atoms with Crippen molar-refractivity contribution in [1.29, 1.82) is 0 Å². The van der Waals surface area contributed by atoms with Crippen LogP contribution in [-0.2, 0) is 14.3 Å². The van der Waals surface area contributed by atoms with Gasteiger partial charge in [0.05, 0.1) is 12.5 Å². The first-order valence-electron chi connectivity index (χ1n) is 8.18. The first kappa shape index (κ1) is 17.7. The van der Waals surface area contributed by atoms with E-state index in [4.69, 9.17) is 4.74 Å². The molecule has 1 aliphatic rings. The van der Waals surface area contributed by atoms with E-state index in [1.165, 1.54) is 5.57 Å². The summed E-state index contributed by atoms with van der Waals surface area (Å²) in [6, 6.07) is 0. The highest BCUT2D eigenvalue weighted by molar-refractivity contribution is 5.85. The van der Waals surface area contributed by atoms with Crippen molar-refractivity contribution < 1.29 is 14.3 Å². The molecule has 118 valence electrons. The molecule has 1 unspecified atom stereocenters. The maximum Gasteiger partial charge on any atom is 0.305 e. The van der Waals surface area contributed by atoms with Gasteiger partial charge < -0.3 is 4.74 Å². The molecule has 0 amide bonds. The molecule has 0 aromatic rings. The molecular weight excluding hydrogens is 264 g/mol. The molecular formula is C18H28O3. The highest BCUT2D eigenvalue weighted by atomic mass is 16.5. The highest BCUT2D eigenvalue weighted by Gasteiger charge is 2.15. The molecule has 0 aromatic carbocycles. The predicted molar refractivity (Wildman–Crippen MR) is 85.0 cm³/mol. The van der Waals surface area contributed by atoms with Gasteiger partial charge in [-0.1, -0.05) is 49.5 Å². The molecule has 3 nitrogen and oxygen atoms in total. The standard InChI is InChI=1S/C18H28O3/c1-3-21-18(20)11-9-7-5-4-6-8-10-17(19)16-13-12-15(2)14-16/h12-14,16H,3-11H2,1-2H3. The van der Waals surface area contributed by atoms with E-state index in [0.29, 0.717) is 25.2 Å². The Labute approximate surface area is 128 Å². The molecule has 0 fully saturated rings. The van der Waals surface area contributed by atoms with Crippen molar-refractivity contribution in [3.8, 4) is 0 Å². The molecule has 21 heavy (non-hydrogen) atoms. The summed E-state index contributed by atoms with van der Waals surface area (Å²) in [6.45, 7) is 4.33. The third kappa shape index (κ3) is 7.84. The van der Waals surface area contributed by atoms with Crippen molar-refractivity contribution >= 4 is 11.8 Å². The number of carbonyl (C=O) groups is 2. The number of ketones is 1. The van der Waals surface area contributed by atoms with E-state index >= 15 is 0 Å². The van der Waals surface area contributed by atoms with Crippen molar-refractivity contribution in [3.63, 3.8) is 0 Å². The van der Waals surface area contributed by atoms with Gasteiger partial charge in [0, 0.05) is 12.8 Å². The van der Waals surface area contributed by atoms with Crippen molar-refractivity contribution in [3.05, 3.63) is 23.8 Å². The van der Waals surface area contributed by atoms with Crippen molar-refractivity contribution in [1.82, 2.24) is 0 Å². The number of carbonyl (C=O) groups excluding carboxylic acids is 2. The zero-order valence-corrected chi connectivity index (χ0v) is 13.4. The van der Waals surface area contributed by atoms with Gasteiger partial charge >= 0.3 is 5.97 Å². The van der Waals surface area contributed by atoms with Crippen LogP contribution in [0.1, 0.15) is 65.2 Å². The Morgan fingerprint density at radius 3 is 2.24 bits per heavy atom. The Morgan fingerprint density at radius 2 is 1.67 bits per heavy atom. The van der Waals surface area contributed by atoms with Crippen LogP contribution in [0.3, 0.4) is 0 Å². The van der Waals surface area contributed by atoms with Gasteiger partial charge in [-0.3, -0.25) is 9.59 Å². The Balaban J connectivity index is 1.92. The predicted octanol–water partition coefficient (Wildman–Crippen LogP) is 4.37. The van der Waals surface area contributed by atoms with E-state index in [1.54, 1.807) is 0 Å². The van der Waals surface area contributed by atoms with E-state index in [9.17, 15) is 9.59 Å². The Morgan fingerprint density at radius 1 is 1.05 bits per heavy atom. The van der Waals surface area contributed by atoms with Gasteiger partial charge in [0.25, 0.3) is 0 Å². The largest absolute Gasteiger partial charge is 0.466 e. The molecule has 0 saturated carbocycles. The molecule has 0 aromatic heterocycles. The topological polar surface area (TPSA) is 43.4 Å². The van der Waals surface area contributed by atoms with Crippen LogP contribution in [0, 0.1) is 5.92 Å². The van der Waals surface area contributed by atoms with Gasteiger partial charge in [0.1, 0.15) is 5.78 Å². The van der Waals surface area contributed by atoms with Crippen LogP contribution in [-0.4, -0.2) is 18.4 Å². The number of allylic oxidation sites excluding steroid dienone is 4. The van der Waals surface area contributed by atoms with Crippen molar-refractivity contribution in [2.24, 2.45) is 5.92 Å². The number of esters is 1. The van der Waals surface area contributed by atoms with E-state index < -0.39 is 0 Å². The lowest BCUT2D eigenvalue weighted by molar-refractivity contribution is -0.143. The summed E-state index contributed by atoms with van der Waals surface area (Å²) in [5.41, 5.74) is 1.19. The lowest BCUT2D eigenvalue weighted by Gasteiger charge is -2.05. The van der Waals surface area contributed by atoms with Gasteiger partial charge in [-0.05, 0) is 26.7 Å². The summed E-state index contributed by atoms with van der Waals surface area (Å²) < 4.78 is 4.88. The fourth-order valence-electron chi connectivity index (χ4n) is 2.53. The van der Waals surface area contributed by atoms with Crippen LogP contribution in [0.5, 0.6) is 0 Å². The average Bonchev–Trinajstić information content (AvgIpc) is 2.88. The number of unbranched alkanes of at least 4 members (excludes halogenated alkanes) is 5. The first-order chi connectivity index (χ1) is 10.1. The van der Waals surface area contributed by atoms with Crippen LogP contribution in [0.4, 0.5) is 0 Å². The Hall–Kier alpha value is -1.38. The van der Waals surface area contributed by atoms with Gasteiger partial charge in [-0.2, -0.15) is 0 Å². The van der Waals surface area contributed by atoms with Crippen LogP contribution < -0.4 is 0 Å². The molecule has 0 N–H and O–H groups in total. The normalized spacial score (nSPS) is 16.9. The van der Waals surface area contributed by atoms with Crippen LogP contribution >= 0.6 is 0 Å². The summed E-state index contributed by atoms with van der Waals surface area (Å²) in [5.74, 6) is 0.274. The number of ether oxygens (including phenoxy) is 1. The molecule has 3 heteroatoms. The monoisotopic (exact) mass is 292 g/mol. The van der Waals surface area contributed by atoms with Gasteiger partial charge in [0.15, 0.2) is 0 Å². The van der Waals surface area contributed by atoms with Gasteiger partial charge in [0.2, 0.25) is 0 Å². The molecule has 0 saturated heterocycles. The van der Waals surface area contributed by atoms with Crippen LogP contribution in [0.2, 0.25) is 0 Å². The molecule has 0 spiro atoms. The fraction of sp³-hybridized carbons (Fsp3) is 0.667. The zero-order valence-electron chi connectivity index (χ0n) is 13.4. The Bertz CT molecular complexity index is 393. The average molecular weight is 292 g/mol. The number of rotatable bonds is 11. The minimum absolute atomic E-state index is 0.0228. The summed E-state index contributed by atoms with van der Waals surface area (Å²) in [4.78, 5) is 23.0. The van der Waals surface area contributed by atoms with E-state index in [2.05, 4.69) is 0 Å². The van der Waals surface area contributed by atoms with Gasteiger partial charge in [-0.15, -0.1) is 0 Å². The molecule has 0 bridgehead atoms. The second-order valence-corrected chi connectivity index (χ2v) is 5.69. The zero-order chi connectivity index (χ0) is 15.5. The number of hydrogen-bond donors (Lipinski definition) is 0. The second kappa shape index (κ2) is 10.4. The van der Waals surface area contributed by atoms with E-state index in [-0.39, 0.29) is 11.9 Å². The second-order valence-electron chi connectivity index (χ2n) is 5.69. The van der Waals surface area contributed by atoms with Crippen LogP contribution in [0.15, 0.2) is 23.8 Å². The molecule has 0 aliphatic heterocycles. The lowest BCUT2D eigenvalue weighted by atomic mass is 9.99. The minimum Gasteiger partial charge on any atom is -0.466 e. The third-order valence-electron chi connectivity index (χ3n) is 3.74. The summed E-state index contributed by atoms with van der Waals surface area (Å²) in [5, 5.41) is 0. The summed E-state index contributed by atoms with van der Waals surface area (Å²) in [7, 11) is 0. The summed E-state index contributed by atoms with van der Waals surface area (Å²) in [6.07, 6.45) is 13.6. The number of Topliss-reactive ketones (excluding diaryl/α,β-unsaturated/α-hetero) is 1. The lowest BCUT2D eigenvalue weighted by Crippen LogP contribution is -2.07. The Kier molecular flexibility index (Phi) is 8.72. The maximum atomic E-state index is 11.9. The molecule has 0 heterocycles. The highest BCUT2D eigenvalue weighted by Crippen LogP contribution is 2.19. The fourth-order valence-corrected chi connectivity index (χ4v) is 2.53. The molecule has 1 rings (SSSR count). The molecule has 1 atom stereocenters. The SMILES string of the molecule is CCOC(=O)CCCCCCCCC(=O)C1C=CC(C)=C1. The van der Waals surface area contributed by atoms with Crippen molar-refractivity contribution in [2.75, 3.05) is 6.61 Å². The van der Waals surface area contributed by atoms with E-state index in [0.717, 1.165) is 38.5 Å². The first-order valence-corrected chi connectivity index (χ1v) is 8.18. The van der Waals surface area contributed by atoms with Crippen LogP contribution in [0.25, 0.3) is 0 Å². The van der Waals surface area contributed by atoms with E-state index in [1.807, 2.05) is 32.1 Å². The minimum atomic E-state index is -0.0870. The molecule has 0 radical (unpaired) electrons. The van der Waals surface area contributed by atoms with Gasteiger partial charge in [-0.25, -0.2) is 0 Å². The quantitative estimate of drug-likeness (QED) is 0.419. The number of hydrogen-bond acceptors (Lipinski definition) is 3. The smallest absolute Gasteiger partial charge is 0.305 e. The maximum absolute atomic E-state index is 11.9.